The van der Waals surface area contributed by atoms with Crippen molar-refractivity contribution in [1.29, 1.82) is 0 Å². The maximum atomic E-state index is 11.8. The minimum atomic E-state index is -4.10. The van der Waals surface area contributed by atoms with Crippen molar-refractivity contribution in [2.45, 2.75) is 44.4 Å². The minimum Gasteiger partial charge on any atom is -0.395 e. The first-order chi connectivity index (χ1) is 6.89. The Morgan fingerprint density at radius 1 is 1.20 bits per heavy atom. The summed E-state index contributed by atoms with van der Waals surface area (Å²) in [7, 11) is 0. The van der Waals surface area contributed by atoms with Crippen LogP contribution >= 0.6 is 0 Å². The maximum absolute atomic E-state index is 11.8. The summed E-state index contributed by atoms with van der Waals surface area (Å²) in [6.07, 6.45) is -4.47. The molecular formula is C9H18F3NO2. The van der Waals surface area contributed by atoms with E-state index in [1.165, 1.54) is 0 Å². The summed E-state index contributed by atoms with van der Waals surface area (Å²) >= 11 is 0. The number of rotatable bonds is 7. The number of aliphatic hydroxyl groups is 2. The van der Waals surface area contributed by atoms with Gasteiger partial charge < -0.3 is 15.5 Å². The minimum absolute atomic E-state index is 0.0568. The van der Waals surface area contributed by atoms with Gasteiger partial charge in [0.1, 0.15) is 0 Å². The molecule has 0 saturated heterocycles. The van der Waals surface area contributed by atoms with Gasteiger partial charge in [0.15, 0.2) is 0 Å². The molecule has 3 N–H and O–H groups in total. The lowest BCUT2D eigenvalue weighted by Crippen LogP contribution is -2.41. The molecular weight excluding hydrogens is 211 g/mol. The molecule has 0 heterocycles. The molecule has 0 aliphatic rings. The van der Waals surface area contributed by atoms with Crippen molar-refractivity contribution in [2.24, 2.45) is 0 Å². The van der Waals surface area contributed by atoms with Gasteiger partial charge in [0.2, 0.25) is 0 Å². The molecule has 1 unspecified atom stereocenters. The molecule has 0 radical (unpaired) electrons. The number of hydrogen-bond acceptors (Lipinski definition) is 3. The fourth-order valence-corrected chi connectivity index (χ4v) is 1.26. The summed E-state index contributed by atoms with van der Waals surface area (Å²) in [5.41, 5.74) is 0. The van der Waals surface area contributed by atoms with Crippen LogP contribution < -0.4 is 5.32 Å². The first kappa shape index (κ1) is 14.7. The fourth-order valence-electron chi connectivity index (χ4n) is 1.26. The monoisotopic (exact) mass is 229 g/mol. The van der Waals surface area contributed by atoms with Gasteiger partial charge in [-0.1, -0.05) is 0 Å². The predicted molar refractivity (Wildman–Crippen MR) is 50.5 cm³/mol. The third-order valence-electron chi connectivity index (χ3n) is 2.06. The second kappa shape index (κ2) is 7.03. The zero-order valence-electron chi connectivity index (χ0n) is 8.72. The Labute approximate surface area is 87.3 Å². The molecule has 0 aliphatic carbocycles. The second-order valence-electron chi connectivity index (χ2n) is 3.64. The molecule has 0 fully saturated rings. The molecule has 0 aliphatic heterocycles. The Morgan fingerprint density at radius 3 is 2.13 bits per heavy atom. The molecule has 6 heteroatoms. The molecule has 0 aromatic carbocycles. The zero-order chi connectivity index (χ0) is 11.9. The summed E-state index contributed by atoms with van der Waals surface area (Å²) in [4.78, 5) is 0. The van der Waals surface area contributed by atoms with Crippen molar-refractivity contribution in [3.05, 3.63) is 0 Å². The summed E-state index contributed by atoms with van der Waals surface area (Å²) in [5, 5.41) is 20.3. The van der Waals surface area contributed by atoms with Crippen molar-refractivity contribution in [3.8, 4) is 0 Å². The molecule has 0 aromatic heterocycles. The van der Waals surface area contributed by atoms with Gasteiger partial charge in [-0.2, -0.15) is 13.2 Å². The van der Waals surface area contributed by atoms with Gasteiger partial charge >= 0.3 is 6.18 Å². The maximum Gasteiger partial charge on any atom is 0.389 e. The Kier molecular flexibility index (Phi) is 6.87. The number of aliphatic hydroxyl groups excluding tert-OH is 2. The van der Waals surface area contributed by atoms with Crippen LogP contribution in [0.5, 0.6) is 0 Å². The first-order valence-electron chi connectivity index (χ1n) is 4.93. The van der Waals surface area contributed by atoms with E-state index in [0.29, 0.717) is 6.42 Å². The van der Waals surface area contributed by atoms with Crippen LogP contribution in [-0.4, -0.2) is 41.7 Å². The van der Waals surface area contributed by atoms with Gasteiger partial charge in [-0.05, 0) is 19.8 Å². The van der Waals surface area contributed by atoms with Crippen LogP contribution in [0.15, 0.2) is 0 Å². The van der Waals surface area contributed by atoms with Crippen molar-refractivity contribution in [3.63, 3.8) is 0 Å². The quantitative estimate of drug-likeness (QED) is 0.611. The normalized spacial score (nSPS) is 14.6. The van der Waals surface area contributed by atoms with E-state index in [4.69, 9.17) is 10.2 Å². The van der Waals surface area contributed by atoms with E-state index < -0.39 is 18.6 Å². The summed E-state index contributed by atoms with van der Waals surface area (Å²) < 4.78 is 35.4. The van der Waals surface area contributed by atoms with Crippen molar-refractivity contribution >= 4 is 0 Å². The van der Waals surface area contributed by atoms with Gasteiger partial charge in [-0.3, -0.25) is 0 Å². The Hall–Kier alpha value is -0.330. The average Bonchev–Trinajstić information content (AvgIpc) is 2.12. The molecule has 0 saturated carbocycles. The SMILES string of the molecule is CC(CCCC(F)(F)F)NC(CO)CO. The summed E-state index contributed by atoms with van der Waals surface area (Å²) in [6, 6.07) is -0.595. The topological polar surface area (TPSA) is 52.5 Å². The lowest BCUT2D eigenvalue weighted by atomic mass is 10.1. The standard InChI is InChI=1S/C9H18F3NO2/c1-7(13-8(5-14)6-15)3-2-4-9(10,11)12/h7-8,13-15H,2-6H2,1H3. The van der Waals surface area contributed by atoms with Crippen LogP contribution in [0.25, 0.3) is 0 Å². The van der Waals surface area contributed by atoms with Gasteiger partial charge in [0, 0.05) is 12.5 Å². The fraction of sp³-hybridized carbons (Fsp3) is 1.00. The van der Waals surface area contributed by atoms with Crippen molar-refractivity contribution in [2.75, 3.05) is 13.2 Å². The van der Waals surface area contributed by atoms with Crippen LogP contribution in [0.2, 0.25) is 0 Å². The largest absolute Gasteiger partial charge is 0.395 e. The predicted octanol–water partition coefficient (Wildman–Crippen LogP) is 1.05. The number of alkyl halides is 3. The van der Waals surface area contributed by atoms with Crippen LogP contribution in [0.1, 0.15) is 26.2 Å². The van der Waals surface area contributed by atoms with E-state index in [1.807, 2.05) is 0 Å². The smallest absolute Gasteiger partial charge is 0.389 e. The van der Waals surface area contributed by atoms with E-state index in [2.05, 4.69) is 5.32 Å². The van der Waals surface area contributed by atoms with Crippen molar-refractivity contribution < 1.29 is 23.4 Å². The van der Waals surface area contributed by atoms with E-state index in [-0.39, 0.29) is 25.7 Å². The third-order valence-corrected chi connectivity index (χ3v) is 2.06. The molecule has 15 heavy (non-hydrogen) atoms. The number of hydrogen-bond donors (Lipinski definition) is 3. The highest BCUT2D eigenvalue weighted by Crippen LogP contribution is 2.22. The van der Waals surface area contributed by atoms with Gasteiger partial charge in [-0.15, -0.1) is 0 Å². The van der Waals surface area contributed by atoms with E-state index >= 15 is 0 Å². The first-order valence-corrected chi connectivity index (χ1v) is 4.93. The highest BCUT2D eigenvalue weighted by atomic mass is 19.4. The zero-order valence-corrected chi connectivity index (χ0v) is 8.72. The second-order valence-corrected chi connectivity index (χ2v) is 3.64. The van der Waals surface area contributed by atoms with Crippen molar-refractivity contribution in [1.82, 2.24) is 5.32 Å². The molecule has 3 nitrogen and oxygen atoms in total. The average molecular weight is 229 g/mol. The van der Waals surface area contributed by atoms with Gasteiger partial charge in [-0.25, -0.2) is 0 Å². The molecule has 92 valence electrons. The molecule has 0 spiro atoms. The Bertz CT molecular complexity index is 160. The van der Waals surface area contributed by atoms with Crippen LogP contribution in [-0.2, 0) is 0 Å². The van der Waals surface area contributed by atoms with Gasteiger partial charge in [0.05, 0.1) is 19.3 Å². The number of nitrogens with one attached hydrogen (secondary N) is 1. The van der Waals surface area contributed by atoms with Crippen LogP contribution in [0.3, 0.4) is 0 Å². The molecule has 0 rings (SSSR count). The summed E-state index contributed by atoms with van der Waals surface area (Å²) in [6.45, 7) is 1.29. The highest BCUT2D eigenvalue weighted by molar-refractivity contribution is 4.70. The van der Waals surface area contributed by atoms with E-state index in [0.717, 1.165) is 0 Å². The molecule has 0 bridgehead atoms. The number of halogens is 3. The summed E-state index contributed by atoms with van der Waals surface area (Å²) in [5.74, 6) is 0. The van der Waals surface area contributed by atoms with Gasteiger partial charge in [0.25, 0.3) is 0 Å². The molecule has 0 amide bonds. The Morgan fingerprint density at radius 2 is 1.73 bits per heavy atom. The Balaban J connectivity index is 3.61. The van der Waals surface area contributed by atoms with E-state index in [1.54, 1.807) is 6.92 Å². The van der Waals surface area contributed by atoms with Crippen LogP contribution in [0.4, 0.5) is 13.2 Å². The third kappa shape index (κ3) is 8.65. The molecule has 0 aromatic rings. The molecule has 1 atom stereocenters. The van der Waals surface area contributed by atoms with Crippen LogP contribution in [0, 0.1) is 0 Å². The highest BCUT2D eigenvalue weighted by Gasteiger charge is 2.26. The lowest BCUT2D eigenvalue weighted by molar-refractivity contribution is -0.135. The van der Waals surface area contributed by atoms with E-state index in [9.17, 15) is 13.2 Å². The lowest BCUT2D eigenvalue weighted by Gasteiger charge is -2.20.